The molecule has 0 atom stereocenters. The van der Waals surface area contributed by atoms with Crippen LogP contribution in [0.1, 0.15) is 32.6 Å². The van der Waals surface area contributed by atoms with Gasteiger partial charge in [0.1, 0.15) is 0 Å². The van der Waals surface area contributed by atoms with Crippen LogP contribution in [-0.2, 0) is 0 Å². The molecule has 0 unspecified atom stereocenters. The van der Waals surface area contributed by atoms with Crippen molar-refractivity contribution in [3.05, 3.63) is 0 Å². The van der Waals surface area contributed by atoms with Crippen LogP contribution in [0.5, 0.6) is 0 Å². The highest BCUT2D eigenvalue weighted by Gasteiger charge is 2.21. The molecule has 2 fully saturated rings. The van der Waals surface area contributed by atoms with E-state index in [1.165, 1.54) is 71.6 Å². The second kappa shape index (κ2) is 6.72. The van der Waals surface area contributed by atoms with E-state index in [2.05, 4.69) is 28.7 Å². The Labute approximate surface area is 107 Å². The second-order valence-corrected chi connectivity index (χ2v) is 5.91. The molecule has 0 spiro atoms. The van der Waals surface area contributed by atoms with E-state index in [4.69, 9.17) is 0 Å². The van der Waals surface area contributed by atoms with Crippen LogP contribution in [0.2, 0.25) is 0 Å². The third-order valence-corrected chi connectivity index (χ3v) is 4.40. The van der Waals surface area contributed by atoms with Crippen molar-refractivity contribution in [3.8, 4) is 0 Å². The van der Waals surface area contributed by atoms with Crippen molar-refractivity contribution in [2.45, 2.75) is 32.6 Å². The topological polar surface area (TPSA) is 9.72 Å². The Bertz CT molecular complexity index is 204. The number of hydrogen-bond donors (Lipinski definition) is 0. The van der Waals surface area contributed by atoms with Crippen molar-refractivity contribution in [2.24, 2.45) is 5.92 Å². The molecule has 2 rings (SSSR count). The van der Waals surface area contributed by atoms with E-state index in [-0.39, 0.29) is 0 Å². The minimum Gasteiger partial charge on any atom is -0.304 e. The van der Waals surface area contributed by atoms with Crippen molar-refractivity contribution in [3.63, 3.8) is 0 Å². The number of rotatable bonds is 4. The molecule has 3 heteroatoms. The lowest BCUT2D eigenvalue weighted by Gasteiger charge is -2.38. The van der Waals surface area contributed by atoms with Crippen LogP contribution >= 0.6 is 0 Å². The minimum atomic E-state index is 1.02. The maximum absolute atomic E-state index is 2.66. The Morgan fingerprint density at radius 1 is 0.882 bits per heavy atom. The summed E-state index contributed by atoms with van der Waals surface area (Å²) in [6, 6.07) is 0. The Hall–Kier alpha value is -0.120. The van der Waals surface area contributed by atoms with Crippen LogP contribution in [-0.4, -0.2) is 67.7 Å². The molecule has 0 bridgehead atoms. The molecule has 17 heavy (non-hydrogen) atoms. The summed E-state index contributed by atoms with van der Waals surface area (Å²) in [7, 11) is 2.23. The van der Waals surface area contributed by atoms with Gasteiger partial charge in [-0.05, 0) is 38.9 Å². The highest BCUT2D eigenvalue weighted by atomic mass is 15.3. The van der Waals surface area contributed by atoms with Crippen molar-refractivity contribution in [2.75, 3.05) is 53.0 Å². The molecule has 0 amide bonds. The average Bonchev–Trinajstić information content (AvgIpc) is 2.35. The predicted octanol–water partition coefficient (Wildman–Crippen LogP) is 1.70. The summed E-state index contributed by atoms with van der Waals surface area (Å²) in [5.74, 6) is 1.02. The van der Waals surface area contributed by atoms with E-state index in [0.29, 0.717) is 0 Å². The highest BCUT2D eigenvalue weighted by Crippen LogP contribution is 2.21. The standard InChI is InChI=1S/C14H29N3/c1-3-4-14-5-7-16(8-6-14)13-17-11-9-15(2)10-12-17/h14H,3-13H2,1-2H3. The van der Waals surface area contributed by atoms with Gasteiger partial charge in [0, 0.05) is 26.2 Å². The normalized spacial score (nSPS) is 26.5. The smallest absolute Gasteiger partial charge is 0.0507 e. The second-order valence-electron chi connectivity index (χ2n) is 5.91. The maximum Gasteiger partial charge on any atom is 0.0507 e. The quantitative estimate of drug-likeness (QED) is 0.739. The minimum absolute atomic E-state index is 1.02. The van der Waals surface area contributed by atoms with Gasteiger partial charge in [0.25, 0.3) is 0 Å². The van der Waals surface area contributed by atoms with Gasteiger partial charge in [0.15, 0.2) is 0 Å². The molecule has 3 nitrogen and oxygen atoms in total. The van der Waals surface area contributed by atoms with Crippen molar-refractivity contribution in [1.82, 2.24) is 14.7 Å². The number of likely N-dealkylation sites (tertiary alicyclic amines) is 1. The molecule has 0 aliphatic carbocycles. The van der Waals surface area contributed by atoms with Gasteiger partial charge in [-0.1, -0.05) is 19.8 Å². The Balaban J connectivity index is 1.64. The highest BCUT2D eigenvalue weighted by molar-refractivity contribution is 4.74. The lowest BCUT2D eigenvalue weighted by Crippen LogP contribution is -2.50. The van der Waals surface area contributed by atoms with Gasteiger partial charge in [-0.2, -0.15) is 0 Å². The molecule has 2 aliphatic heterocycles. The average molecular weight is 239 g/mol. The third kappa shape index (κ3) is 4.23. The van der Waals surface area contributed by atoms with Crippen LogP contribution in [0.3, 0.4) is 0 Å². The number of hydrogen-bond acceptors (Lipinski definition) is 3. The lowest BCUT2D eigenvalue weighted by molar-refractivity contribution is 0.0620. The number of piperidine rings is 1. The fourth-order valence-corrected chi connectivity index (χ4v) is 3.10. The van der Waals surface area contributed by atoms with Gasteiger partial charge < -0.3 is 4.90 Å². The number of nitrogens with zero attached hydrogens (tertiary/aromatic N) is 3. The molecule has 2 saturated heterocycles. The van der Waals surface area contributed by atoms with Crippen molar-refractivity contribution < 1.29 is 0 Å². The molecule has 100 valence electrons. The first-order valence-electron chi connectivity index (χ1n) is 7.41. The van der Waals surface area contributed by atoms with E-state index in [1.54, 1.807) is 0 Å². The molecule has 0 aromatic rings. The molecular weight excluding hydrogens is 210 g/mol. The zero-order valence-corrected chi connectivity index (χ0v) is 11.7. The van der Waals surface area contributed by atoms with Gasteiger partial charge >= 0.3 is 0 Å². The largest absolute Gasteiger partial charge is 0.304 e. The van der Waals surface area contributed by atoms with Gasteiger partial charge in [-0.3, -0.25) is 9.80 Å². The zero-order chi connectivity index (χ0) is 12.1. The fourth-order valence-electron chi connectivity index (χ4n) is 3.10. The molecular formula is C14H29N3. The lowest BCUT2D eigenvalue weighted by atomic mass is 9.93. The Morgan fingerprint density at radius 3 is 2.06 bits per heavy atom. The number of piperazine rings is 1. The van der Waals surface area contributed by atoms with Gasteiger partial charge in [0.2, 0.25) is 0 Å². The molecule has 0 aromatic carbocycles. The summed E-state index contributed by atoms with van der Waals surface area (Å²) in [4.78, 5) is 7.72. The Morgan fingerprint density at radius 2 is 1.47 bits per heavy atom. The summed E-state index contributed by atoms with van der Waals surface area (Å²) in [6.07, 6.45) is 5.68. The van der Waals surface area contributed by atoms with E-state index >= 15 is 0 Å². The van der Waals surface area contributed by atoms with E-state index < -0.39 is 0 Å². The van der Waals surface area contributed by atoms with Gasteiger partial charge in [0.05, 0.1) is 6.67 Å². The van der Waals surface area contributed by atoms with Crippen LogP contribution in [0.25, 0.3) is 0 Å². The predicted molar refractivity (Wildman–Crippen MR) is 73.1 cm³/mol. The van der Waals surface area contributed by atoms with Crippen LogP contribution in [0.15, 0.2) is 0 Å². The number of likely N-dealkylation sites (N-methyl/N-ethyl adjacent to an activating group) is 1. The molecule has 2 heterocycles. The Kier molecular flexibility index (Phi) is 5.26. The van der Waals surface area contributed by atoms with E-state index in [9.17, 15) is 0 Å². The molecule has 2 aliphatic rings. The fraction of sp³-hybridized carbons (Fsp3) is 1.00. The van der Waals surface area contributed by atoms with Crippen LogP contribution in [0.4, 0.5) is 0 Å². The first kappa shape index (κ1) is 13.3. The monoisotopic (exact) mass is 239 g/mol. The summed E-state index contributed by atoms with van der Waals surface area (Å²) in [5, 5.41) is 0. The first-order valence-corrected chi connectivity index (χ1v) is 7.41. The van der Waals surface area contributed by atoms with Gasteiger partial charge in [-0.25, -0.2) is 0 Å². The third-order valence-electron chi connectivity index (χ3n) is 4.40. The van der Waals surface area contributed by atoms with Crippen LogP contribution in [0, 0.1) is 5.92 Å². The SMILES string of the molecule is CCCC1CCN(CN2CCN(C)CC2)CC1. The van der Waals surface area contributed by atoms with Gasteiger partial charge in [-0.15, -0.1) is 0 Å². The molecule has 0 N–H and O–H groups in total. The summed E-state index contributed by atoms with van der Waals surface area (Å²) in [5.41, 5.74) is 0. The zero-order valence-electron chi connectivity index (χ0n) is 11.7. The van der Waals surface area contributed by atoms with Crippen LogP contribution < -0.4 is 0 Å². The van der Waals surface area contributed by atoms with E-state index in [0.717, 1.165) is 5.92 Å². The molecule has 0 radical (unpaired) electrons. The molecule has 0 saturated carbocycles. The molecule has 0 aromatic heterocycles. The van der Waals surface area contributed by atoms with Crippen molar-refractivity contribution >= 4 is 0 Å². The maximum atomic E-state index is 2.66. The summed E-state index contributed by atoms with van der Waals surface area (Å²) >= 11 is 0. The summed E-state index contributed by atoms with van der Waals surface area (Å²) in [6.45, 7) is 11.2. The first-order chi connectivity index (χ1) is 8.28. The summed E-state index contributed by atoms with van der Waals surface area (Å²) < 4.78 is 0. The van der Waals surface area contributed by atoms with E-state index in [1.807, 2.05) is 0 Å². The van der Waals surface area contributed by atoms with Crippen molar-refractivity contribution in [1.29, 1.82) is 0 Å².